The van der Waals surface area contributed by atoms with E-state index in [1.54, 1.807) is 0 Å². The molecule has 1 aromatic carbocycles. The molecule has 0 radical (unpaired) electrons. The summed E-state index contributed by atoms with van der Waals surface area (Å²) in [5, 5.41) is 23.2. The SMILES string of the molecule is N#Cc1ccc([N+](=O)[O-])c(NC(CN)C2CCCC2)c1. The van der Waals surface area contributed by atoms with E-state index in [1.807, 2.05) is 6.07 Å². The van der Waals surface area contributed by atoms with Crippen LogP contribution in [0.4, 0.5) is 11.4 Å². The minimum absolute atomic E-state index is 0.0135. The van der Waals surface area contributed by atoms with Gasteiger partial charge in [-0.1, -0.05) is 12.8 Å². The molecule has 0 bridgehead atoms. The molecule has 6 nitrogen and oxygen atoms in total. The highest BCUT2D eigenvalue weighted by Crippen LogP contribution is 2.32. The molecule has 1 aliphatic rings. The topological polar surface area (TPSA) is 105 Å². The lowest BCUT2D eigenvalue weighted by atomic mass is 9.97. The molecule has 20 heavy (non-hydrogen) atoms. The third kappa shape index (κ3) is 3.06. The van der Waals surface area contributed by atoms with Gasteiger partial charge in [-0.25, -0.2) is 0 Å². The molecule has 0 heterocycles. The van der Waals surface area contributed by atoms with Gasteiger partial charge in [-0.15, -0.1) is 0 Å². The van der Waals surface area contributed by atoms with Gasteiger partial charge in [0.1, 0.15) is 5.69 Å². The Hall–Kier alpha value is -2.13. The van der Waals surface area contributed by atoms with Crippen molar-refractivity contribution in [3.8, 4) is 6.07 Å². The smallest absolute Gasteiger partial charge is 0.292 e. The van der Waals surface area contributed by atoms with Crippen molar-refractivity contribution in [1.82, 2.24) is 0 Å². The maximum atomic E-state index is 11.1. The van der Waals surface area contributed by atoms with Crippen LogP contribution in [-0.4, -0.2) is 17.5 Å². The predicted molar refractivity (Wildman–Crippen MR) is 76.2 cm³/mol. The Morgan fingerprint density at radius 1 is 1.50 bits per heavy atom. The van der Waals surface area contributed by atoms with Crippen LogP contribution in [0.25, 0.3) is 0 Å². The summed E-state index contributed by atoms with van der Waals surface area (Å²) in [6.45, 7) is 0.429. The van der Waals surface area contributed by atoms with Crippen LogP contribution in [0.15, 0.2) is 18.2 Å². The largest absolute Gasteiger partial charge is 0.375 e. The van der Waals surface area contributed by atoms with Gasteiger partial charge < -0.3 is 11.1 Å². The highest BCUT2D eigenvalue weighted by Gasteiger charge is 2.26. The summed E-state index contributed by atoms with van der Waals surface area (Å²) in [5.74, 6) is 0.449. The fourth-order valence-electron chi connectivity index (χ4n) is 2.81. The van der Waals surface area contributed by atoms with E-state index in [1.165, 1.54) is 31.0 Å². The van der Waals surface area contributed by atoms with Gasteiger partial charge >= 0.3 is 0 Å². The second kappa shape index (κ2) is 6.35. The minimum atomic E-state index is -0.439. The average molecular weight is 274 g/mol. The van der Waals surface area contributed by atoms with Crippen molar-refractivity contribution in [2.75, 3.05) is 11.9 Å². The van der Waals surface area contributed by atoms with Crippen molar-refractivity contribution in [3.63, 3.8) is 0 Å². The third-order valence-corrected chi connectivity index (χ3v) is 3.89. The third-order valence-electron chi connectivity index (χ3n) is 3.89. The molecule has 1 saturated carbocycles. The zero-order valence-electron chi connectivity index (χ0n) is 11.2. The lowest BCUT2D eigenvalue weighted by molar-refractivity contribution is -0.384. The summed E-state index contributed by atoms with van der Waals surface area (Å²) in [6, 6.07) is 6.36. The van der Waals surface area contributed by atoms with Gasteiger partial charge in [-0.3, -0.25) is 10.1 Å². The number of nitrogens with one attached hydrogen (secondary N) is 1. The molecule has 1 fully saturated rings. The van der Waals surface area contributed by atoms with Crippen molar-refractivity contribution < 1.29 is 4.92 Å². The maximum Gasteiger partial charge on any atom is 0.292 e. The monoisotopic (exact) mass is 274 g/mol. The number of benzene rings is 1. The number of nitro benzene ring substituents is 1. The lowest BCUT2D eigenvalue weighted by Crippen LogP contribution is -2.35. The lowest BCUT2D eigenvalue weighted by Gasteiger charge is -2.24. The number of nitriles is 1. The van der Waals surface area contributed by atoms with Crippen molar-refractivity contribution in [2.45, 2.75) is 31.7 Å². The number of rotatable bonds is 5. The fourth-order valence-corrected chi connectivity index (χ4v) is 2.81. The van der Waals surface area contributed by atoms with Gasteiger partial charge in [0.15, 0.2) is 0 Å². The first-order valence-corrected chi connectivity index (χ1v) is 6.81. The summed E-state index contributed by atoms with van der Waals surface area (Å²) in [4.78, 5) is 10.6. The molecule has 0 aliphatic heterocycles. The first kappa shape index (κ1) is 14.3. The van der Waals surface area contributed by atoms with Crippen molar-refractivity contribution in [2.24, 2.45) is 11.7 Å². The number of nitro groups is 1. The molecule has 1 aromatic rings. The van der Waals surface area contributed by atoms with Gasteiger partial charge in [0, 0.05) is 18.7 Å². The second-order valence-electron chi connectivity index (χ2n) is 5.13. The molecule has 0 amide bonds. The zero-order valence-corrected chi connectivity index (χ0v) is 11.2. The number of nitrogens with zero attached hydrogens (tertiary/aromatic N) is 2. The molecule has 6 heteroatoms. The predicted octanol–water partition coefficient (Wildman–Crippen LogP) is 2.40. The number of nitrogens with two attached hydrogens (primary N) is 1. The van der Waals surface area contributed by atoms with Crippen LogP contribution in [0, 0.1) is 27.4 Å². The number of hydrogen-bond acceptors (Lipinski definition) is 5. The van der Waals surface area contributed by atoms with Crippen molar-refractivity contribution in [3.05, 3.63) is 33.9 Å². The van der Waals surface area contributed by atoms with Crippen molar-refractivity contribution >= 4 is 11.4 Å². The molecular weight excluding hydrogens is 256 g/mol. The first-order chi connectivity index (χ1) is 9.65. The molecule has 0 aromatic heterocycles. The Morgan fingerprint density at radius 2 is 2.20 bits per heavy atom. The summed E-state index contributed by atoms with van der Waals surface area (Å²) in [6.07, 6.45) is 4.56. The molecule has 1 aliphatic carbocycles. The summed E-state index contributed by atoms with van der Waals surface area (Å²) in [7, 11) is 0. The van der Waals surface area contributed by atoms with Gasteiger partial charge in [0.05, 0.1) is 16.6 Å². The molecule has 1 atom stereocenters. The van der Waals surface area contributed by atoms with Gasteiger partial charge in [-0.2, -0.15) is 5.26 Å². The Bertz CT molecular complexity index is 532. The van der Waals surface area contributed by atoms with Crippen LogP contribution < -0.4 is 11.1 Å². The molecular formula is C14H18N4O2. The Balaban J connectivity index is 2.25. The average Bonchev–Trinajstić information content (AvgIpc) is 2.98. The van der Waals surface area contributed by atoms with Gasteiger partial charge in [0.2, 0.25) is 0 Å². The summed E-state index contributed by atoms with van der Waals surface area (Å²) >= 11 is 0. The Kier molecular flexibility index (Phi) is 4.53. The summed E-state index contributed by atoms with van der Waals surface area (Å²) < 4.78 is 0. The van der Waals surface area contributed by atoms with E-state index < -0.39 is 4.92 Å². The van der Waals surface area contributed by atoms with E-state index >= 15 is 0 Å². The normalized spacial score (nSPS) is 16.6. The Labute approximate surface area is 117 Å². The Morgan fingerprint density at radius 3 is 2.75 bits per heavy atom. The standard InChI is InChI=1S/C14H18N4O2/c15-8-10-5-6-14(18(19)20)12(7-10)17-13(9-16)11-3-1-2-4-11/h5-7,11,13,17H,1-4,9,16H2. The van der Waals surface area contributed by atoms with Crippen LogP contribution in [0.5, 0.6) is 0 Å². The molecule has 2 rings (SSSR count). The van der Waals surface area contributed by atoms with Crippen LogP contribution in [0.1, 0.15) is 31.2 Å². The van der Waals surface area contributed by atoms with Gasteiger partial charge in [-0.05, 0) is 30.9 Å². The van der Waals surface area contributed by atoms with Crippen LogP contribution in [0.2, 0.25) is 0 Å². The molecule has 0 saturated heterocycles. The quantitative estimate of drug-likeness (QED) is 0.633. The number of hydrogen-bond donors (Lipinski definition) is 2. The molecule has 1 unspecified atom stereocenters. The van der Waals surface area contributed by atoms with E-state index in [0.29, 0.717) is 23.7 Å². The number of anilines is 1. The van der Waals surface area contributed by atoms with Crippen LogP contribution in [0.3, 0.4) is 0 Å². The highest BCUT2D eigenvalue weighted by atomic mass is 16.6. The molecule has 106 valence electrons. The van der Waals surface area contributed by atoms with E-state index in [0.717, 1.165) is 12.8 Å². The van der Waals surface area contributed by atoms with Crippen molar-refractivity contribution in [1.29, 1.82) is 5.26 Å². The van der Waals surface area contributed by atoms with Gasteiger partial charge in [0.25, 0.3) is 5.69 Å². The van der Waals surface area contributed by atoms with E-state index in [2.05, 4.69) is 5.32 Å². The fraction of sp³-hybridized carbons (Fsp3) is 0.500. The molecule has 3 N–H and O–H groups in total. The zero-order chi connectivity index (χ0) is 14.5. The van der Waals surface area contributed by atoms with Crippen LogP contribution in [-0.2, 0) is 0 Å². The first-order valence-electron chi connectivity index (χ1n) is 6.81. The van der Waals surface area contributed by atoms with E-state index in [4.69, 9.17) is 11.0 Å². The highest BCUT2D eigenvalue weighted by molar-refractivity contribution is 5.64. The van der Waals surface area contributed by atoms with Crippen LogP contribution >= 0.6 is 0 Å². The maximum absolute atomic E-state index is 11.1. The van der Waals surface area contributed by atoms with E-state index in [-0.39, 0.29) is 11.7 Å². The second-order valence-corrected chi connectivity index (χ2v) is 5.13. The van der Waals surface area contributed by atoms with E-state index in [9.17, 15) is 10.1 Å². The minimum Gasteiger partial charge on any atom is -0.375 e. The summed E-state index contributed by atoms with van der Waals surface area (Å²) in [5.41, 5.74) is 6.57. The molecule has 0 spiro atoms.